The lowest BCUT2D eigenvalue weighted by atomic mass is 10.1. The normalized spacial score (nSPS) is 10.0. The number of rotatable bonds is 5. The summed E-state index contributed by atoms with van der Waals surface area (Å²) in [6.45, 7) is 0.356. The van der Waals surface area contributed by atoms with Gasteiger partial charge in [0.2, 0.25) is 0 Å². The molecular formula is C16H16O2. The van der Waals surface area contributed by atoms with Gasteiger partial charge in [-0.1, -0.05) is 60.7 Å². The number of hydrogen-bond donors (Lipinski definition) is 0. The third kappa shape index (κ3) is 4.06. The van der Waals surface area contributed by atoms with E-state index in [1.54, 1.807) is 0 Å². The largest absolute Gasteiger partial charge is 0.461 e. The Labute approximate surface area is 107 Å². The molecule has 92 valence electrons. The highest BCUT2D eigenvalue weighted by Crippen LogP contribution is 2.05. The van der Waals surface area contributed by atoms with Gasteiger partial charge in [0.1, 0.15) is 6.61 Å². The predicted molar refractivity (Wildman–Crippen MR) is 71.0 cm³/mol. The Bertz CT molecular complexity index is 431. The minimum atomic E-state index is -0.150. The van der Waals surface area contributed by atoms with E-state index in [2.05, 4.69) is 0 Å². The van der Waals surface area contributed by atoms with E-state index in [-0.39, 0.29) is 5.97 Å². The first-order valence-corrected chi connectivity index (χ1v) is 6.08. The van der Waals surface area contributed by atoms with Crippen molar-refractivity contribution < 1.29 is 9.53 Å². The summed E-state index contributed by atoms with van der Waals surface area (Å²) in [5.41, 5.74) is 2.18. The van der Waals surface area contributed by atoms with E-state index in [0.717, 1.165) is 17.5 Å². The first kappa shape index (κ1) is 12.4. The maximum absolute atomic E-state index is 11.6. The molecule has 0 bridgehead atoms. The van der Waals surface area contributed by atoms with E-state index in [4.69, 9.17) is 4.74 Å². The van der Waals surface area contributed by atoms with E-state index in [1.165, 1.54) is 0 Å². The van der Waals surface area contributed by atoms with Gasteiger partial charge in [-0.2, -0.15) is 0 Å². The molecule has 0 amide bonds. The Balaban J connectivity index is 1.73. The van der Waals surface area contributed by atoms with Crippen LogP contribution in [0.5, 0.6) is 0 Å². The number of esters is 1. The van der Waals surface area contributed by atoms with Gasteiger partial charge in [0, 0.05) is 6.42 Å². The molecule has 0 aliphatic rings. The van der Waals surface area contributed by atoms with Gasteiger partial charge < -0.3 is 4.74 Å². The van der Waals surface area contributed by atoms with Gasteiger partial charge in [0.05, 0.1) is 0 Å². The molecule has 2 aromatic carbocycles. The molecule has 0 saturated carbocycles. The molecule has 0 unspecified atom stereocenters. The van der Waals surface area contributed by atoms with Crippen LogP contribution in [-0.4, -0.2) is 5.97 Å². The Hall–Kier alpha value is -2.09. The van der Waals surface area contributed by atoms with Gasteiger partial charge in [0.25, 0.3) is 0 Å². The highest BCUT2D eigenvalue weighted by molar-refractivity contribution is 5.69. The van der Waals surface area contributed by atoms with Crippen LogP contribution in [0.3, 0.4) is 0 Å². The minimum Gasteiger partial charge on any atom is -0.461 e. The molecule has 0 aromatic heterocycles. The van der Waals surface area contributed by atoms with Crippen LogP contribution in [0.2, 0.25) is 0 Å². The van der Waals surface area contributed by atoms with Crippen molar-refractivity contribution in [2.75, 3.05) is 0 Å². The first-order chi connectivity index (χ1) is 8.84. The second kappa shape index (κ2) is 6.60. The van der Waals surface area contributed by atoms with Crippen LogP contribution in [-0.2, 0) is 22.6 Å². The lowest BCUT2D eigenvalue weighted by molar-refractivity contribution is -0.144. The molecule has 2 heteroatoms. The summed E-state index contributed by atoms with van der Waals surface area (Å²) in [5.74, 6) is -0.150. The van der Waals surface area contributed by atoms with Crippen LogP contribution in [0, 0.1) is 0 Å². The fraction of sp³-hybridized carbons (Fsp3) is 0.188. The molecule has 0 radical (unpaired) electrons. The molecule has 0 saturated heterocycles. The SMILES string of the molecule is O=C(CCc1ccccc1)OCc1ccccc1. The van der Waals surface area contributed by atoms with E-state index >= 15 is 0 Å². The van der Waals surface area contributed by atoms with Crippen LogP contribution >= 0.6 is 0 Å². The lowest BCUT2D eigenvalue weighted by Gasteiger charge is -2.05. The Morgan fingerprint density at radius 3 is 2.00 bits per heavy atom. The third-order valence-electron chi connectivity index (χ3n) is 2.70. The average Bonchev–Trinajstić information content (AvgIpc) is 2.45. The molecular weight excluding hydrogens is 224 g/mol. The van der Waals surface area contributed by atoms with E-state index < -0.39 is 0 Å². The van der Waals surface area contributed by atoms with Crippen molar-refractivity contribution in [2.45, 2.75) is 19.4 Å². The van der Waals surface area contributed by atoms with Gasteiger partial charge in [-0.3, -0.25) is 4.79 Å². The highest BCUT2D eigenvalue weighted by atomic mass is 16.5. The Morgan fingerprint density at radius 1 is 0.833 bits per heavy atom. The zero-order chi connectivity index (χ0) is 12.6. The number of ether oxygens (including phenoxy) is 1. The number of carbonyl (C=O) groups excluding carboxylic acids is 1. The predicted octanol–water partition coefficient (Wildman–Crippen LogP) is 3.36. The Morgan fingerprint density at radius 2 is 1.39 bits per heavy atom. The quantitative estimate of drug-likeness (QED) is 0.749. The topological polar surface area (TPSA) is 26.3 Å². The van der Waals surface area contributed by atoms with Crippen molar-refractivity contribution >= 4 is 5.97 Å². The minimum absolute atomic E-state index is 0.150. The number of benzene rings is 2. The molecule has 18 heavy (non-hydrogen) atoms. The van der Waals surface area contributed by atoms with Crippen molar-refractivity contribution in [3.8, 4) is 0 Å². The van der Waals surface area contributed by atoms with Crippen LogP contribution in [0.1, 0.15) is 17.5 Å². The van der Waals surface area contributed by atoms with E-state index in [1.807, 2.05) is 60.7 Å². The maximum Gasteiger partial charge on any atom is 0.306 e. The van der Waals surface area contributed by atoms with Crippen molar-refractivity contribution in [2.24, 2.45) is 0 Å². The van der Waals surface area contributed by atoms with Gasteiger partial charge in [-0.05, 0) is 17.5 Å². The molecule has 0 aliphatic heterocycles. The fourth-order valence-corrected chi connectivity index (χ4v) is 1.70. The van der Waals surface area contributed by atoms with Crippen molar-refractivity contribution in [3.63, 3.8) is 0 Å². The van der Waals surface area contributed by atoms with Crippen LogP contribution in [0.15, 0.2) is 60.7 Å². The molecule has 0 N–H and O–H groups in total. The lowest BCUT2D eigenvalue weighted by Crippen LogP contribution is -2.05. The molecule has 0 atom stereocenters. The average molecular weight is 240 g/mol. The van der Waals surface area contributed by atoms with Crippen molar-refractivity contribution in [1.29, 1.82) is 0 Å². The summed E-state index contributed by atoms with van der Waals surface area (Å²) in [6, 6.07) is 19.7. The van der Waals surface area contributed by atoms with Crippen molar-refractivity contribution in [1.82, 2.24) is 0 Å². The molecule has 0 heterocycles. The number of aryl methyl sites for hydroxylation is 1. The Kier molecular flexibility index (Phi) is 4.53. The summed E-state index contributed by atoms with van der Waals surface area (Å²) in [6.07, 6.45) is 1.16. The summed E-state index contributed by atoms with van der Waals surface area (Å²) in [4.78, 5) is 11.6. The van der Waals surface area contributed by atoms with Gasteiger partial charge in [0.15, 0.2) is 0 Å². The molecule has 0 aliphatic carbocycles. The van der Waals surface area contributed by atoms with Gasteiger partial charge >= 0.3 is 5.97 Å². The molecule has 0 fully saturated rings. The molecule has 2 nitrogen and oxygen atoms in total. The summed E-state index contributed by atoms with van der Waals surface area (Å²) < 4.78 is 5.21. The van der Waals surface area contributed by atoms with Crippen LogP contribution in [0.25, 0.3) is 0 Å². The molecule has 0 spiro atoms. The zero-order valence-corrected chi connectivity index (χ0v) is 10.2. The number of hydrogen-bond acceptors (Lipinski definition) is 2. The van der Waals surface area contributed by atoms with Gasteiger partial charge in [-0.15, -0.1) is 0 Å². The van der Waals surface area contributed by atoms with Gasteiger partial charge in [-0.25, -0.2) is 0 Å². The second-order valence-electron chi connectivity index (χ2n) is 4.13. The molecule has 2 aromatic rings. The maximum atomic E-state index is 11.6. The van der Waals surface area contributed by atoms with E-state index in [9.17, 15) is 4.79 Å². The monoisotopic (exact) mass is 240 g/mol. The van der Waals surface area contributed by atoms with Crippen LogP contribution < -0.4 is 0 Å². The summed E-state index contributed by atoms with van der Waals surface area (Å²) in [5, 5.41) is 0. The number of carbonyl (C=O) groups is 1. The molecule has 2 rings (SSSR count). The van der Waals surface area contributed by atoms with Crippen molar-refractivity contribution in [3.05, 3.63) is 71.8 Å². The zero-order valence-electron chi connectivity index (χ0n) is 10.2. The highest BCUT2D eigenvalue weighted by Gasteiger charge is 2.03. The fourth-order valence-electron chi connectivity index (χ4n) is 1.70. The summed E-state index contributed by atoms with van der Waals surface area (Å²) >= 11 is 0. The smallest absolute Gasteiger partial charge is 0.306 e. The first-order valence-electron chi connectivity index (χ1n) is 6.08. The second-order valence-corrected chi connectivity index (χ2v) is 4.13. The van der Waals surface area contributed by atoms with Crippen LogP contribution in [0.4, 0.5) is 0 Å². The third-order valence-corrected chi connectivity index (χ3v) is 2.70. The standard InChI is InChI=1S/C16H16O2/c17-16(12-11-14-7-3-1-4-8-14)18-13-15-9-5-2-6-10-15/h1-10H,11-13H2. The summed E-state index contributed by atoms with van der Waals surface area (Å²) in [7, 11) is 0. The van der Waals surface area contributed by atoms with E-state index in [0.29, 0.717) is 13.0 Å².